The SMILES string of the molecule is NC(C(=O)O)c1csc(-c2ccc(OC(F)F)cc2)n1. The third kappa shape index (κ3) is 3.28. The molecule has 1 aromatic heterocycles. The molecule has 1 aromatic carbocycles. The molecule has 0 fully saturated rings. The molecule has 0 aliphatic carbocycles. The Bertz CT molecular complexity index is 601. The molecule has 2 aromatic rings. The molecule has 0 amide bonds. The standard InChI is InChI=1S/C12H10F2N2O3S/c13-12(14)19-7-3-1-6(2-4-7)10-16-8(5-20-10)9(15)11(17)18/h1-5,9,12H,15H2,(H,17,18). The average molecular weight is 300 g/mol. The van der Waals surface area contributed by atoms with E-state index in [4.69, 9.17) is 10.8 Å². The van der Waals surface area contributed by atoms with Gasteiger partial charge in [0, 0.05) is 10.9 Å². The number of carboxylic acid groups (broad SMARTS) is 1. The van der Waals surface area contributed by atoms with Crippen LogP contribution in [-0.4, -0.2) is 22.7 Å². The second-order valence-corrected chi connectivity index (χ2v) is 4.65. The summed E-state index contributed by atoms with van der Waals surface area (Å²) in [6.07, 6.45) is 0. The van der Waals surface area contributed by atoms with E-state index in [2.05, 4.69) is 9.72 Å². The number of ether oxygens (including phenoxy) is 1. The largest absolute Gasteiger partial charge is 0.480 e. The molecule has 2 rings (SSSR count). The lowest BCUT2D eigenvalue weighted by molar-refractivity contribution is -0.138. The van der Waals surface area contributed by atoms with Crippen LogP contribution >= 0.6 is 11.3 Å². The van der Waals surface area contributed by atoms with E-state index >= 15 is 0 Å². The monoisotopic (exact) mass is 300 g/mol. The summed E-state index contributed by atoms with van der Waals surface area (Å²) in [7, 11) is 0. The number of hydrogen-bond acceptors (Lipinski definition) is 5. The van der Waals surface area contributed by atoms with Gasteiger partial charge in [-0.3, -0.25) is 4.79 Å². The molecule has 20 heavy (non-hydrogen) atoms. The molecule has 5 nitrogen and oxygen atoms in total. The number of rotatable bonds is 5. The first-order chi connectivity index (χ1) is 9.47. The van der Waals surface area contributed by atoms with E-state index in [0.717, 1.165) is 0 Å². The number of carbonyl (C=O) groups is 1. The smallest absolute Gasteiger partial charge is 0.387 e. The molecule has 0 aliphatic rings. The Balaban J connectivity index is 2.18. The van der Waals surface area contributed by atoms with Gasteiger partial charge in [-0.15, -0.1) is 11.3 Å². The first-order valence-electron chi connectivity index (χ1n) is 5.46. The van der Waals surface area contributed by atoms with Crippen LogP contribution in [0.2, 0.25) is 0 Å². The normalized spacial score (nSPS) is 12.4. The van der Waals surface area contributed by atoms with Gasteiger partial charge in [-0.05, 0) is 24.3 Å². The molecule has 0 spiro atoms. The summed E-state index contributed by atoms with van der Waals surface area (Å²) < 4.78 is 28.3. The Morgan fingerprint density at radius 1 is 1.35 bits per heavy atom. The molecule has 1 heterocycles. The number of halogens is 2. The second kappa shape index (κ2) is 5.93. The molecule has 0 radical (unpaired) electrons. The van der Waals surface area contributed by atoms with Gasteiger partial charge < -0.3 is 15.6 Å². The van der Waals surface area contributed by atoms with Gasteiger partial charge >= 0.3 is 12.6 Å². The number of benzene rings is 1. The van der Waals surface area contributed by atoms with Crippen molar-refractivity contribution in [1.82, 2.24) is 4.98 Å². The minimum atomic E-state index is -2.87. The second-order valence-electron chi connectivity index (χ2n) is 3.80. The highest BCUT2D eigenvalue weighted by Gasteiger charge is 2.18. The van der Waals surface area contributed by atoms with Gasteiger partial charge in [0.1, 0.15) is 16.8 Å². The lowest BCUT2D eigenvalue weighted by atomic mass is 10.2. The highest BCUT2D eigenvalue weighted by Crippen LogP contribution is 2.27. The van der Waals surface area contributed by atoms with Gasteiger partial charge in [0.05, 0.1) is 5.69 Å². The maximum atomic E-state index is 12.0. The maximum Gasteiger partial charge on any atom is 0.387 e. The number of nitrogens with zero attached hydrogens (tertiary/aromatic N) is 1. The minimum Gasteiger partial charge on any atom is -0.480 e. The zero-order chi connectivity index (χ0) is 14.7. The van der Waals surface area contributed by atoms with Crippen LogP contribution in [0.1, 0.15) is 11.7 Å². The highest BCUT2D eigenvalue weighted by molar-refractivity contribution is 7.13. The molecule has 106 valence electrons. The number of carboxylic acids is 1. The molecular formula is C12H10F2N2O3S. The Morgan fingerprint density at radius 3 is 2.55 bits per heavy atom. The van der Waals surface area contributed by atoms with Crippen molar-refractivity contribution in [2.45, 2.75) is 12.7 Å². The first-order valence-corrected chi connectivity index (χ1v) is 6.34. The van der Waals surface area contributed by atoms with Crippen molar-refractivity contribution in [3.63, 3.8) is 0 Å². The number of thiazole rings is 1. The van der Waals surface area contributed by atoms with Crippen LogP contribution in [0.4, 0.5) is 8.78 Å². The molecular weight excluding hydrogens is 290 g/mol. The molecule has 3 N–H and O–H groups in total. The van der Waals surface area contributed by atoms with Gasteiger partial charge in [0.15, 0.2) is 0 Å². The van der Waals surface area contributed by atoms with Crippen molar-refractivity contribution >= 4 is 17.3 Å². The average Bonchev–Trinajstić information content (AvgIpc) is 2.87. The Morgan fingerprint density at radius 2 is 2.00 bits per heavy atom. The van der Waals surface area contributed by atoms with Crippen molar-refractivity contribution in [2.24, 2.45) is 5.73 Å². The summed E-state index contributed by atoms with van der Waals surface area (Å²) in [6, 6.07) is 4.72. The molecule has 1 atom stereocenters. The van der Waals surface area contributed by atoms with Crippen LogP contribution in [-0.2, 0) is 4.79 Å². The quantitative estimate of drug-likeness (QED) is 0.886. The van der Waals surface area contributed by atoms with E-state index in [1.54, 1.807) is 17.5 Å². The summed E-state index contributed by atoms with van der Waals surface area (Å²) in [4.78, 5) is 14.9. The van der Waals surface area contributed by atoms with E-state index in [1.165, 1.54) is 23.5 Å². The summed E-state index contributed by atoms with van der Waals surface area (Å²) >= 11 is 1.22. The van der Waals surface area contributed by atoms with Gasteiger partial charge in [0.25, 0.3) is 0 Å². The van der Waals surface area contributed by atoms with Crippen molar-refractivity contribution in [3.8, 4) is 16.3 Å². The van der Waals surface area contributed by atoms with Crippen LogP contribution in [0.3, 0.4) is 0 Å². The van der Waals surface area contributed by atoms with E-state index in [1.807, 2.05) is 0 Å². The van der Waals surface area contributed by atoms with E-state index in [0.29, 0.717) is 10.6 Å². The zero-order valence-corrected chi connectivity index (χ0v) is 10.8. The molecule has 0 saturated carbocycles. The van der Waals surface area contributed by atoms with Crippen LogP contribution in [0.15, 0.2) is 29.6 Å². The van der Waals surface area contributed by atoms with Gasteiger partial charge in [0.2, 0.25) is 0 Å². The van der Waals surface area contributed by atoms with Crippen LogP contribution in [0.25, 0.3) is 10.6 Å². The van der Waals surface area contributed by atoms with E-state index in [9.17, 15) is 13.6 Å². The first kappa shape index (κ1) is 14.4. The van der Waals surface area contributed by atoms with Crippen molar-refractivity contribution in [3.05, 3.63) is 35.3 Å². The summed E-state index contributed by atoms with van der Waals surface area (Å²) in [5.41, 5.74) is 6.37. The lowest BCUT2D eigenvalue weighted by Gasteiger charge is -2.04. The molecule has 0 bridgehead atoms. The summed E-state index contributed by atoms with van der Waals surface area (Å²) in [5.74, 6) is -1.12. The Hall–Kier alpha value is -2.06. The topological polar surface area (TPSA) is 85.4 Å². The van der Waals surface area contributed by atoms with Gasteiger partial charge in [-0.1, -0.05) is 0 Å². The van der Waals surface area contributed by atoms with Crippen molar-refractivity contribution in [1.29, 1.82) is 0 Å². The number of hydrogen-bond donors (Lipinski definition) is 2. The zero-order valence-electron chi connectivity index (χ0n) is 9.99. The Labute approximate surface area is 116 Å². The van der Waals surface area contributed by atoms with Gasteiger partial charge in [-0.25, -0.2) is 4.98 Å². The van der Waals surface area contributed by atoms with E-state index < -0.39 is 18.6 Å². The summed E-state index contributed by atoms with van der Waals surface area (Å²) in [6.45, 7) is -2.87. The predicted molar refractivity (Wildman–Crippen MR) is 68.7 cm³/mol. The fraction of sp³-hybridized carbons (Fsp3) is 0.167. The highest BCUT2D eigenvalue weighted by atomic mass is 32.1. The number of aliphatic carboxylic acids is 1. The number of aromatic nitrogens is 1. The molecule has 0 aliphatic heterocycles. The summed E-state index contributed by atoms with van der Waals surface area (Å²) in [5, 5.41) is 10.9. The fourth-order valence-electron chi connectivity index (χ4n) is 1.47. The van der Waals surface area contributed by atoms with Crippen LogP contribution in [0.5, 0.6) is 5.75 Å². The lowest BCUT2D eigenvalue weighted by Crippen LogP contribution is -2.20. The Kier molecular flexibility index (Phi) is 4.26. The third-order valence-electron chi connectivity index (χ3n) is 2.43. The fourth-order valence-corrected chi connectivity index (χ4v) is 2.33. The van der Waals surface area contributed by atoms with Gasteiger partial charge in [-0.2, -0.15) is 8.78 Å². The molecule has 8 heteroatoms. The molecule has 0 saturated heterocycles. The third-order valence-corrected chi connectivity index (χ3v) is 3.34. The van der Waals surface area contributed by atoms with E-state index in [-0.39, 0.29) is 11.4 Å². The van der Waals surface area contributed by atoms with Crippen LogP contribution < -0.4 is 10.5 Å². The number of nitrogens with two attached hydrogens (primary N) is 1. The minimum absolute atomic E-state index is 0.0442. The maximum absolute atomic E-state index is 12.0. The van der Waals surface area contributed by atoms with Crippen LogP contribution in [0, 0.1) is 0 Å². The molecule has 1 unspecified atom stereocenters. The van der Waals surface area contributed by atoms with Crippen molar-refractivity contribution in [2.75, 3.05) is 0 Å². The van der Waals surface area contributed by atoms with Crippen molar-refractivity contribution < 1.29 is 23.4 Å². The number of alkyl halides is 2. The predicted octanol–water partition coefficient (Wildman–Crippen LogP) is 2.50.